The van der Waals surface area contributed by atoms with Crippen LogP contribution >= 0.6 is 23.2 Å². The van der Waals surface area contributed by atoms with Gasteiger partial charge in [0.05, 0.1) is 35.8 Å². The van der Waals surface area contributed by atoms with Crippen molar-refractivity contribution >= 4 is 46.7 Å². The lowest BCUT2D eigenvalue weighted by atomic mass is 10.1. The zero-order valence-electron chi connectivity index (χ0n) is 13.9. The number of amides is 2. The van der Waals surface area contributed by atoms with E-state index in [1.165, 1.54) is 7.11 Å². The molecule has 1 atom stereocenters. The van der Waals surface area contributed by atoms with E-state index in [0.29, 0.717) is 28.8 Å². The van der Waals surface area contributed by atoms with Crippen molar-refractivity contribution in [2.24, 2.45) is 0 Å². The van der Waals surface area contributed by atoms with Crippen molar-refractivity contribution in [3.8, 4) is 0 Å². The molecule has 0 aliphatic carbocycles. The minimum atomic E-state index is -0.754. The lowest BCUT2D eigenvalue weighted by Gasteiger charge is -2.33. The predicted octanol–water partition coefficient (Wildman–Crippen LogP) is 1.60. The number of ether oxygens (including phenoxy) is 1. The summed E-state index contributed by atoms with van der Waals surface area (Å²) in [7, 11) is 1.25. The average molecular weight is 388 g/mol. The van der Waals surface area contributed by atoms with Gasteiger partial charge in [0.15, 0.2) is 0 Å². The van der Waals surface area contributed by atoms with E-state index in [4.69, 9.17) is 23.2 Å². The van der Waals surface area contributed by atoms with E-state index in [1.54, 1.807) is 24.0 Å². The molecule has 1 aliphatic heterocycles. The maximum atomic E-state index is 12.4. The van der Waals surface area contributed by atoms with Gasteiger partial charge < -0.3 is 15.4 Å². The Balaban J connectivity index is 2.09. The van der Waals surface area contributed by atoms with Gasteiger partial charge in [-0.05, 0) is 18.6 Å². The van der Waals surface area contributed by atoms with Crippen LogP contribution in [0.1, 0.15) is 12.0 Å². The number of nitrogens with one attached hydrogen (secondary N) is 2. The number of carbonyl (C=O) groups is 3. The Morgan fingerprint density at radius 1 is 1.40 bits per heavy atom. The van der Waals surface area contributed by atoms with Crippen molar-refractivity contribution in [2.75, 3.05) is 32.1 Å². The van der Waals surface area contributed by atoms with Gasteiger partial charge >= 0.3 is 5.97 Å². The molecule has 1 aliphatic rings. The number of halogens is 2. The SMILES string of the molecule is COC(=O)C[C@H]1C(=O)NCCN1CC(=O)Nc1c(Cl)ccc(C)c1Cl. The number of rotatable bonds is 5. The summed E-state index contributed by atoms with van der Waals surface area (Å²) in [4.78, 5) is 37.5. The van der Waals surface area contributed by atoms with Gasteiger partial charge in [0.25, 0.3) is 0 Å². The molecule has 0 saturated carbocycles. The third-order valence-electron chi connectivity index (χ3n) is 3.92. The first-order chi connectivity index (χ1) is 11.8. The summed E-state index contributed by atoms with van der Waals surface area (Å²) < 4.78 is 4.61. The van der Waals surface area contributed by atoms with Gasteiger partial charge in [-0.15, -0.1) is 0 Å². The first kappa shape index (κ1) is 19.5. The van der Waals surface area contributed by atoms with Crippen LogP contribution in [-0.2, 0) is 19.1 Å². The van der Waals surface area contributed by atoms with Crippen molar-refractivity contribution in [1.82, 2.24) is 10.2 Å². The van der Waals surface area contributed by atoms with Crippen LogP contribution in [0.4, 0.5) is 5.69 Å². The molecular formula is C16H19Cl2N3O4. The van der Waals surface area contributed by atoms with E-state index in [0.717, 1.165) is 5.56 Å². The van der Waals surface area contributed by atoms with Crippen molar-refractivity contribution < 1.29 is 19.1 Å². The van der Waals surface area contributed by atoms with Crippen LogP contribution in [0.3, 0.4) is 0 Å². The molecule has 2 amide bonds. The van der Waals surface area contributed by atoms with E-state index >= 15 is 0 Å². The number of benzene rings is 1. The Labute approximate surface area is 155 Å². The quantitative estimate of drug-likeness (QED) is 0.749. The highest BCUT2D eigenvalue weighted by Crippen LogP contribution is 2.32. The highest BCUT2D eigenvalue weighted by Gasteiger charge is 2.33. The summed E-state index contributed by atoms with van der Waals surface area (Å²) in [6.07, 6.45) is -0.123. The van der Waals surface area contributed by atoms with Crippen LogP contribution in [0.2, 0.25) is 10.0 Å². The molecule has 0 radical (unpaired) electrons. The topological polar surface area (TPSA) is 87.7 Å². The second-order valence-electron chi connectivity index (χ2n) is 5.66. The van der Waals surface area contributed by atoms with Crippen molar-refractivity contribution in [3.63, 3.8) is 0 Å². The van der Waals surface area contributed by atoms with Crippen LogP contribution in [-0.4, -0.2) is 55.5 Å². The van der Waals surface area contributed by atoms with Crippen LogP contribution in [0.5, 0.6) is 0 Å². The maximum absolute atomic E-state index is 12.4. The van der Waals surface area contributed by atoms with Gasteiger partial charge in [-0.3, -0.25) is 19.3 Å². The second kappa shape index (κ2) is 8.51. The van der Waals surface area contributed by atoms with E-state index in [-0.39, 0.29) is 24.8 Å². The minimum Gasteiger partial charge on any atom is -0.469 e. The molecule has 0 aromatic heterocycles. The third kappa shape index (κ3) is 4.84. The number of esters is 1. The zero-order chi connectivity index (χ0) is 18.6. The standard InChI is InChI=1S/C16H19Cl2N3O4/c1-9-3-4-10(17)15(14(9)18)20-12(22)8-21-6-5-19-16(24)11(21)7-13(23)25-2/h3-4,11H,5-8H2,1-2H3,(H,19,24)(H,20,22)/t11-/m0/s1. The van der Waals surface area contributed by atoms with Gasteiger partial charge in [-0.2, -0.15) is 0 Å². The molecule has 0 bridgehead atoms. The molecule has 1 aromatic rings. The molecule has 7 nitrogen and oxygen atoms in total. The van der Waals surface area contributed by atoms with E-state index in [1.807, 2.05) is 0 Å². The van der Waals surface area contributed by atoms with Gasteiger partial charge in [0.2, 0.25) is 11.8 Å². The first-order valence-electron chi connectivity index (χ1n) is 7.66. The monoisotopic (exact) mass is 387 g/mol. The minimum absolute atomic E-state index is 0.0737. The molecule has 1 aromatic carbocycles. The summed E-state index contributed by atoms with van der Waals surface area (Å²) in [5.74, 6) is -1.20. The number of piperazine rings is 1. The molecule has 9 heteroatoms. The molecule has 25 heavy (non-hydrogen) atoms. The Bertz CT molecular complexity index is 696. The number of nitrogens with zero attached hydrogens (tertiary/aromatic N) is 1. The lowest BCUT2D eigenvalue weighted by Crippen LogP contribution is -2.57. The highest BCUT2D eigenvalue weighted by atomic mass is 35.5. The summed E-state index contributed by atoms with van der Waals surface area (Å²) in [6.45, 7) is 2.57. The van der Waals surface area contributed by atoms with Gasteiger partial charge in [-0.25, -0.2) is 0 Å². The Hall–Kier alpha value is -1.83. The Morgan fingerprint density at radius 2 is 2.12 bits per heavy atom. The Kier molecular flexibility index (Phi) is 6.64. The van der Waals surface area contributed by atoms with Gasteiger partial charge in [-0.1, -0.05) is 29.3 Å². The normalized spacial score (nSPS) is 17.8. The van der Waals surface area contributed by atoms with E-state index in [2.05, 4.69) is 15.4 Å². The molecule has 2 N–H and O–H groups in total. The molecular weight excluding hydrogens is 369 g/mol. The van der Waals surface area contributed by atoms with Crippen LogP contribution in [0, 0.1) is 6.92 Å². The smallest absolute Gasteiger partial charge is 0.307 e. The summed E-state index contributed by atoms with van der Waals surface area (Å²) in [5, 5.41) is 6.04. The third-order valence-corrected chi connectivity index (χ3v) is 4.73. The van der Waals surface area contributed by atoms with Gasteiger partial charge in [0, 0.05) is 13.1 Å². The highest BCUT2D eigenvalue weighted by molar-refractivity contribution is 6.40. The van der Waals surface area contributed by atoms with Crippen molar-refractivity contribution in [2.45, 2.75) is 19.4 Å². The van der Waals surface area contributed by atoms with E-state index < -0.39 is 12.0 Å². The molecule has 1 heterocycles. The largest absolute Gasteiger partial charge is 0.469 e. The number of carbonyl (C=O) groups excluding carboxylic acids is 3. The van der Waals surface area contributed by atoms with Crippen molar-refractivity contribution in [1.29, 1.82) is 0 Å². The first-order valence-corrected chi connectivity index (χ1v) is 8.42. The number of anilines is 1. The van der Waals surface area contributed by atoms with Crippen LogP contribution in [0.15, 0.2) is 12.1 Å². The Morgan fingerprint density at radius 3 is 2.80 bits per heavy atom. The zero-order valence-corrected chi connectivity index (χ0v) is 15.4. The number of aryl methyl sites for hydroxylation is 1. The van der Waals surface area contributed by atoms with Crippen LogP contribution < -0.4 is 10.6 Å². The number of methoxy groups -OCH3 is 1. The van der Waals surface area contributed by atoms with Crippen molar-refractivity contribution in [3.05, 3.63) is 27.7 Å². The van der Waals surface area contributed by atoms with E-state index in [9.17, 15) is 14.4 Å². The van der Waals surface area contributed by atoms with Gasteiger partial charge in [0.1, 0.15) is 6.04 Å². The molecule has 1 saturated heterocycles. The summed E-state index contributed by atoms with van der Waals surface area (Å²) in [5.41, 5.74) is 1.11. The molecule has 1 fully saturated rings. The summed E-state index contributed by atoms with van der Waals surface area (Å²) in [6, 6.07) is 2.64. The fourth-order valence-corrected chi connectivity index (χ4v) is 3.01. The molecule has 136 valence electrons. The van der Waals surface area contributed by atoms with Crippen LogP contribution in [0.25, 0.3) is 0 Å². The molecule has 0 spiro atoms. The lowest BCUT2D eigenvalue weighted by molar-refractivity contribution is -0.146. The maximum Gasteiger partial charge on any atom is 0.307 e. The summed E-state index contributed by atoms with van der Waals surface area (Å²) >= 11 is 12.3. The second-order valence-corrected chi connectivity index (χ2v) is 6.44. The fourth-order valence-electron chi connectivity index (χ4n) is 2.55. The average Bonchev–Trinajstić information content (AvgIpc) is 2.58. The fraction of sp³-hybridized carbons (Fsp3) is 0.438. The molecule has 0 unspecified atom stereocenters. The number of hydrogen-bond donors (Lipinski definition) is 2. The predicted molar refractivity (Wildman–Crippen MR) is 94.8 cm³/mol. The number of hydrogen-bond acceptors (Lipinski definition) is 5. The molecule has 2 rings (SSSR count).